The first-order valence-corrected chi connectivity index (χ1v) is 8.68. The molecule has 3 rings (SSSR count). The summed E-state index contributed by atoms with van der Waals surface area (Å²) in [6.07, 6.45) is 8.28. The first-order valence-electron chi connectivity index (χ1n) is 8.68. The van der Waals surface area contributed by atoms with Gasteiger partial charge in [0.25, 0.3) is 0 Å². The molecule has 1 saturated carbocycles. The fourth-order valence-electron chi connectivity index (χ4n) is 3.32. The summed E-state index contributed by atoms with van der Waals surface area (Å²) in [5.41, 5.74) is 0.667. The lowest BCUT2D eigenvalue weighted by Crippen LogP contribution is -2.08. The SMILES string of the molecule is Fc1c(F)c(F)c(CO/N=[C]\c2ccccc2C2CCCCC2)c(F)c1F. The van der Waals surface area contributed by atoms with Crippen molar-refractivity contribution in [3.05, 3.63) is 70.0 Å². The molecule has 0 bridgehead atoms. The maximum atomic E-state index is 13.6. The topological polar surface area (TPSA) is 21.6 Å². The van der Waals surface area contributed by atoms with Crippen molar-refractivity contribution < 1.29 is 26.8 Å². The summed E-state index contributed by atoms with van der Waals surface area (Å²) in [7, 11) is 0. The van der Waals surface area contributed by atoms with Crippen LogP contribution in [0.3, 0.4) is 0 Å². The Morgan fingerprint density at radius 3 is 2.11 bits per heavy atom. The summed E-state index contributed by atoms with van der Waals surface area (Å²) >= 11 is 0. The lowest BCUT2D eigenvalue weighted by molar-refractivity contribution is 0.124. The van der Waals surface area contributed by atoms with Gasteiger partial charge < -0.3 is 4.84 Å². The zero-order valence-electron chi connectivity index (χ0n) is 14.4. The summed E-state index contributed by atoms with van der Waals surface area (Å²) < 4.78 is 66.6. The Kier molecular flexibility index (Phi) is 6.08. The van der Waals surface area contributed by atoms with Gasteiger partial charge in [-0.1, -0.05) is 48.7 Å². The van der Waals surface area contributed by atoms with Crippen molar-refractivity contribution in [1.82, 2.24) is 0 Å². The van der Waals surface area contributed by atoms with E-state index in [2.05, 4.69) is 11.4 Å². The first kappa shape index (κ1) is 19.3. The Morgan fingerprint density at radius 2 is 1.44 bits per heavy atom. The van der Waals surface area contributed by atoms with Gasteiger partial charge in [-0.3, -0.25) is 0 Å². The molecule has 27 heavy (non-hydrogen) atoms. The van der Waals surface area contributed by atoms with E-state index in [0.717, 1.165) is 31.2 Å². The number of hydrogen-bond acceptors (Lipinski definition) is 2. The molecule has 0 aliphatic heterocycles. The molecule has 143 valence electrons. The average Bonchev–Trinajstić information content (AvgIpc) is 2.71. The Balaban J connectivity index is 1.73. The van der Waals surface area contributed by atoms with Crippen molar-refractivity contribution in [1.29, 1.82) is 0 Å². The monoisotopic (exact) mass is 382 g/mol. The fourth-order valence-corrected chi connectivity index (χ4v) is 3.32. The van der Waals surface area contributed by atoms with E-state index in [9.17, 15) is 22.0 Å². The standard InChI is InChI=1S/C20H17F5NO/c21-16-15(17(22)19(24)20(25)18(16)23)11-27-26-10-13-8-4-5-9-14(13)12-6-2-1-3-7-12/h4-5,8-9,12H,1-3,6-7,11H2. The maximum Gasteiger partial charge on any atom is 0.200 e. The van der Waals surface area contributed by atoms with Crippen molar-refractivity contribution in [3.63, 3.8) is 0 Å². The summed E-state index contributed by atoms with van der Waals surface area (Å²) in [5.74, 6) is -9.70. The Hall–Kier alpha value is -2.44. The van der Waals surface area contributed by atoms with Gasteiger partial charge in [0, 0.05) is 5.56 Å². The summed E-state index contributed by atoms with van der Waals surface area (Å²) in [6.45, 7) is -0.898. The van der Waals surface area contributed by atoms with Gasteiger partial charge in [0.05, 0.1) is 5.56 Å². The minimum atomic E-state index is -2.20. The number of nitrogens with zero attached hydrogens (tertiary/aromatic N) is 1. The molecule has 0 atom stereocenters. The van der Waals surface area contributed by atoms with Crippen LogP contribution in [0, 0.1) is 29.1 Å². The van der Waals surface area contributed by atoms with E-state index in [1.807, 2.05) is 12.1 Å². The maximum absolute atomic E-state index is 13.6. The van der Waals surface area contributed by atoms with Crippen molar-refractivity contribution in [2.24, 2.45) is 5.16 Å². The second-order valence-electron chi connectivity index (χ2n) is 6.45. The Labute approximate surface area is 153 Å². The molecule has 1 aliphatic carbocycles. The van der Waals surface area contributed by atoms with Crippen molar-refractivity contribution in [2.45, 2.75) is 44.6 Å². The van der Waals surface area contributed by atoms with Crippen LogP contribution in [0.2, 0.25) is 0 Å². The molecule has 0 amide bonds. The third-order valence-electron chi connectivity index (χ3n) is 4.75. The smallest absolute Gasteiger partial charge is 0.200 e. The van der Waals surface area contributed by atoms with Crippen LogP contribution in [-0.4, -0.2) is 6.21 Å². The fraction of sp³-hybridized carbons (Fsp3) is 0.350. The Bertz CT molecular complexity index is 818. The van der Waals surface area contributed by atoms with Crippen LogP contribution in [0.1, 0.15) is 54.7 Å². The van der Waals surface area contributed by atoms with Gasteiger partial charge in [-0.25, -0.2) is 22.0 Å². The van der Waals surface area contributed by atoms with Gasteiger partial charge >= 0.3 is 0 Å². The lowest BCUT2D eigenvalue weighted by atomic mass is 9.82. The van der Waals surface area contributed by atoms with Gasteiger partial charge in [0.15, 0.2) is 23.3 Å². The molecular formula is C20H17F5NO. The molecule has 0 N–H and O–H groups in total. The van der Waals surface area contributed by atoms with Crippen LogP contribution in [0.15, 0.2) is 29.4 Å². The molecule has 7 heteroatoms. The zero-order chi connectivity index (χ0) is 19.4. The van der Waals surface area contributed by atoms with Crippen molar-refractivity contribution in [3.8, 4) is 0 Å². The van der Waals surface area contributed by atoms with E-state index >= 15 is 0 Å². The van der Waals surface area contributed by atoms with E-state index in [-0.39, 0.29) is 0 Å². The molecule has 2 nitrogen and oxygen atoms in total. The predicted molar refractivity (Wildman–Crippen MR) is 89.8 cm³/mol. The van der Waals surface area contributed by atoms with Crippen molar-refractivity contribution in [2.75, 3.05) is 0 Å². The highest BCUT2D eigenvalue weighted by Gasteiger charge is 2.26. The number of halogens is 5. The van der Waals surface area contributed by atoms with Gasteiger partial charge in [-0.2, -0.15) is 0 Å². The highest BCUT2D eigenvalue weighted by Crippen LogP contribution is 2.34. The number of rotatable bonds is 5. The van der Waals surface area contributed by atoms with E-state index in [0.29, 0.717) is 11.5 Å². The number of hydrogen-bond donors (Lipinski definition) is 0. The van der Waals surface area contributed by atoms with Crippen LogP contribution >= 0.6 is 0 Å². The van der Waals surface area contributed by atoms with E-state index in [1.165, 1.54) is 6.42 Å². The van der Waals surface area contributed by atoms with Gasteiger partial charge in [0.1, 0.15) is 12.8 Å². The molecule has 0 unspecified atom stereocenters. The van der Waals surface area contributed by atoms with Crippen LogP contribution in [0.25, 0.3) is 0 Å². The normalized spacial score (nSPS) is 15.4. The van der Waals surface area contributed by atoms with Gasteiger partial charge in [-0.05, 0) is 24.3 Å². The van der Waals surface area contributed by atoms with Gasteiger partial charge in [-0.15, -0.1) is 0 Å². The molecule has 1 fully saturated rings. The summed E-state index contributed by atoms with van der Waals surface area (Å²) in [4.78, 5) is 4.76. The highest BCUT2D eigenvalue weighted by atomic mass is 19.2. The number of benzene rings is 2. The molecular weight excluding hydrogens is 365 g/mol. The molecule has 0 spiro atoms. The largest absolute Gasteiger partial charge is 0.390 e. The quantitative estimate of drug-likeness (QED) is 0.209. The highest BCUT2D eigenvalue weighted by molar-refractivity contribution is 5.81. The van der Waals surface area contributed by atoms with E-state index < -0.39 is 41.3 Å². The summed E-state index contributed by atoms with van der Waals surface area (Å²) in [5, 5.41) is 3.53. The van der Waals surface area contributed by atoms with Crippen molar-refractivity contribution >= 4 is 6.21 Å². The third-order valence-corrected chi connectivity index (χ3v) is 4.75. The predicted octanol–water partition coefficient (Wildman–Crippen LogP) is 5.86. The van der Waals surface area contributed by atoms with Crippen LogP contribution in [0.5, 0.6) is 0 Å². The molecule has 0 aromatic heterocycles. The first-order chi connectivity index (χ1) is 13.0. The Morgan fingerprint density at radius 1 is 0.852 bits per heavy atom. The minimum absolute atomic E-state index is 0.382. The zero-order valence-corrected chi connectivity index (χ0v) is 14.4. The molecule has 1 radical (unpaired) electrons. The van der Waals surface area contributed by atoms with Crippen LogP contribution < -0.4 is 0 Å². The third kappa shape index (κ3) is 4.12. The van der Waals surface area contributed by atoms with E-state index in [1.54, 1.807) is 12.1 Å². The molecule has 1 aliphatic rings. The molecule has 2 aromatic rings. The average molecular weight is 382 g/mol. The lowest BCUT2D eigenvalue weighted by Gasteiger charge is -2.23. The van der Waals surface area contributed by atoms with Crippen LogP contribution in [-0.2, 0) is 11.4 Å². The molecule has 0 heterocycles. The minimum Gasteiger partial charge on any atom is -0.390 e. The second-order valence-corrected chi connectivity index (χ2v) is 6.45. The van der Waals surface area contributed by atoms with Crippen LogP contribution in [0.4, 0.5) is 22.0 Å². The molecule has 2 aromatic carbocycles. The van der Waals surface area contributed by atoms with Gasteiger partial charge in [0.2, 0.25) is 5.82 Å². The van der Waals surface area contributed by atoms with E-state index in [4.69, 9.17) is 4.84 Å². The summed E-state index contributed by atoms with van der Waals surface area (Å²) in [6, 6.07) is 7.46. The molecule has 0 saturated heterocycles. The second kappa shape index (κ2) is 8.50.